The number of nitrogens with two attached hydrogens (primary N) is 1. The van der Waals surface area contributed by atoms with Crippen molar-refractivity contribution in [2.75, 3.05) is 5.73 Å². The third-order valence-corrected chi connectivity index (χ3v) is 1.61. The Hall–Kier alpha value is -1.51. The maximum Gasteiger partial charge on any atom is 0.175 e. The van der Waals surface area contributed by atoms with Crippen molar-refractivity contribution >= 4 is 17.8 Å². The number of ether oxygens (including phenoxy) is 1. The first kappa shape index (κ1) is 6.22. The number of aliphatic imine (C=N–C) groups is 1. The van der Waals surface area contributed by atoms with Gasteiger partial charge in [-0.25, -0.2) is 4.99 Å². The standard InChI is InChI=1S/C8H8N2O/c9-7-2-1-6-4-11-5-10-8(6)3-7/h1-3,5H,4,9H2. The number of anilines is 1. The third kappa shape index (κ3) is 1.05. The van der Waals surface area contributed by atoms with Crippen LogP contribution in [0.3, 0.4) is 0 Å². The van der Waals surface area contributed by atoms with E-state index in [-0.39, 0.29) is 0 Å². The van der Waals surface area contributed by atoms with E-state index < -0.39 is 0 Å². The summed E-state index contributed by atoms with van der Waals surface area (Å²) in [6.45, 7) is 0.596. The highest BCUT2D eigenvalue weighted by molar-refractivity contribution is 5.65. The molecule has 11 heavy (non-hydrogen) atoms. The Bertz CT molecular complexity index is 307. The zero-order valence-electron chi connectivity index (χ0n) is 5.95. The maximum atomic E-state index is 5.57. The molecular weight excluding hydrogens is 140 g/mol. The Morgan fingerprint density at radius 3 is 3.27 bits per heavy atom. The van der Waals surface area contributed by atoms with Crippen molar-refractivity contribution in [1.29, 1.82) is 0 Å². The Labute approximate surface area is 64.5 Å². The number of nitrogens with zero attached hydrogens (tertiary/aromatic N) is 1. The molecule has 1 aliphatic heterocycles. The van der Waals surface area contributed by atoms with Gasteiger partial charge in [0.05, 0.1) is 5.69 Å². The van der Waals surface area contributed by atoms with E-state index in [0.717, 1.165) is 16.9 Å². The highest BCUT2D eigenvalue weighted by Crippen LogP contribution is 2.24. The van der Waals surface area contributed by atoms with Crippen molar-refractivity contribution in [3.63, 3.8) is 0 Å². The largest absolute Gasteiger partial charge is 0.478 e. The lowest BCUT2D eigenvalue weighted by Crippen LogP contribution is -1.97. The van der Waals surface area contributed by atoms with Crippen LogP contribution in [0.25, 0.3) is 0 Å². The van der Waals surface area contributed by atoms with Crippen molar-refractivity contribution < 1.29 is 4.74 Å². The molecule has 0 fully saturated rings. The monoisotopic (exact) mass is 148 g/mol. The zero-order chi connectivity index (χ0) is 7.68. The summed E-state index contributed by atoms with van der Waals surface area (Å²) in [5.74, 6) is 0. The van der Waals surface area contributed by atoms with Gasteiger partial charge >= 0.3 is 0 Å². The highest BCUT2D eigenvalue weighted by Gasteiger charge is 2.04. The number of rotatable bonds is 0. The third-order valence-electron chi connectivity index (χ3n) is 1.61. The van der Waals surface area contributed by atoms with Gasteiger partial charge in [-0.1, -0.05) is 6.07 Å². The van der Waals surface area contributed by atoms with Gasteiger partial charge in [0.25, 0.3) is 0 Å². The summed E-state index contributed by atoms with van der Waals surface area (Å²) in [6.07, 6.45) is 1.45. The molecule has 0 radical (unpaired) electrons. The highest BCUT2D eigenvalue weighted by atomic mass is 16.5. The van der Waals surface area contributed by atoms with Gasteiger partial charge < -0.3 is 10.5 Å². The second-order valence-electron chi connectivity index (χ2n) is 2.43. The first-order valence-electron chi connectivity index (χ1n) is 3.39. The van der Waals surface area contributed by atoms with Gasteiger partial charge in [0.15, 0.2) is 6.40 Å². The molecule has 0 unspecified atom stereocenters. The normalized spacial score (nSPS) is 13.8. The summed E-state index contributed by atoms with van der Waals surface area (Å²) >= 11 is 0. The average Bonchev–Trinajstić information content (AvgIpc) is 2.04. The molecule has 0 atom stereocenters. The van der Waals surface area contributed by atoms with Crippen LogP contribution >= 0.6 is 0 Å². The van der Waals surface area contributed by atoms with Crippen LogP contribution in [0.1, 0.15) is 5.56 Å². The molecule has 1 heterocycles. The first-order valence-corrected chi connectivity index (χ1v) is 3.39. The van der Waals surface area contributed by atoms with Gasteiger partial charge in [-0.15, -0.1) is 0 Å². The molecule has 1 aromatic carbocycles. The fourth-order valence-corrected chi connectivity index (χ4v) is 1.04. The fraction of sp³-hybridized carbons (Fsp3) is 0.125. The summed E-state index contributed by atoms with van der Waals surface area (Å²) in [4.78, 5) is 4.03. The molecule has 2 rings (SSSR count). The molecule has 0 spiro atoms. The molecule has 3 nitrogen and oxygen atoms in total. The van der Waals surface area contributed by atoms with Crippen molar-refractivity contribution in [3.8, 4) is 0 Å². The van der Waals surface area contributed by atoms with Gasteiger partial charge in [0.1, 0.15) is 6.61 Å². The molecule has 56 valence electrons. The van der Waals surface area contributed by atoms with Crippen molar-refractivity contribution in [1.82, 2.24) is 0 Å². The maximum absolute atomic E-state index is 5.57. The lowest BCUT2D eigenvalue weighted by Gasteiger charge is -2.10. The van der Waals surface area contributed by atoms with Crippen LogP contribution in [0.2, 0.25) is 0 Å². The second-order valence-corrected chi connectivity index (χ2v) is 2.43. The second kappa shape index (κ2) is 2.27. The van der Waals surface area contributed by atoms with E-state index in [1.807, 2.05) is 18.2 Å². The van der Waals surface area contributed by atoms with E-state index >= 15 is 0 Å². The number of hydrogen-bond donors (Lipinski definition) is 1. The minimum atomic E-state index is 0.596. The Kier molecular flexibility index (Phi) is 1.28. The summed E-state index contributed by atoms with van der Waals surface area (Å²) < 4.78 is 5.00. The number of benzene rings is 1. The number of fused-ring (bicyclic) bond motifs is 1. The number of hydrogen-bond acceptors (Lipinski definition) is 3. The van der Waals surface area contributed by atoms with Crippen LogP contribution in [-0.2, 0) is 11.3 Å². The van der Waals surface area contributed by atoms with Crippen LogP contribution in [0.4, 0.5) is 11.4 Å². The molecule has 0 amide bonds. The van der Waals surface area contributed by atoms with Gasteiger partial charge in [0.2, 0.25) is 0 Å². The Morgan fingerprint density at radius 1 is 1.45 bits per heavy atom. The molecule has 0 saturated carbocycles. The van der Waals surface area contributed by atoms with E-state index in [9.17, 15) is 0 Å². The minimum absolute atomic E-state index is 0.596. The van der Waals surface area contributed by atoms with Gasteiger partial charge in [-0.3, -0.25) is 0 Å². The number of nitrogen functional groups attached to an aromatic ring is 1. The quantitative estimate of drug-likeness (QED) is 0.566. The molecule has 1 aromatic rings. The molecular formula is C8H8N2O. The topological polar surface area (TPSA) is 47.6 Å². The van der Waals surface area contributed by atoms with E-state index in [0.29, 0.717) is 6.61 Å². The van der Waals surface area contributed by atoms with E-state index in [4.69, 9.17) is 10.5 Å². The van der Waals surface area contributed by atoms with Crippen molar-refractivity contribution in [2.24, 2.45) is 4.99 Å². The smallest absolute Gasteiger partial charge is 0.175 e. The van der Waals surface area contributed by atoms with Gasteiger partial charge in [0, 0.05) is 11.3 Å². The van der Waals surface area contributed by atoms with Crippen molar-refractivity contribution in [2.45, 2.75) is 6.61 Å². The minimum Gasteiger partial charge on any atom is -0.478 e. The summed E-state index contributed by atoms with van der Waals surface area (Å²) in [5.41, 5.74) is 8.30. The van der Waals surface area contributed by atoms with Gasteiger partial charge in [-0.05, 0) is 12.1 Å². The van der Waals surface area contributed by atoms with E-state index in [2.05, 4.69) is 4.99 Å². The van der Waals surface area contributed by atoms with Crippen molar-refractivity contribution in [3.05, 3.63) is 23.8 Å². The Morgan fingerprint density at radius 2 is 2.36 bits per heavy atom. The predicted molar refractivity (Wildman–Crippen MR) is 43.8 cm³/mol. The first-order chi connectivity index (χ1) is 5.36. The summed E-state index contributed by atoms with van der Waals surface area (Å²) in [6, 6.07) is 5.62. The van der Waals surface area contributed by atoms with Crippen LogP contribution in [0.15, 0.2) is 23.2 Å². The van der Waals surface area contributed by atoms with E-state index in [1.54, 1.807) is 0 Å². The Balaban J connectivity index is 2.54. The molecule has 0 saturated heterocycles. The molecule has 0 aromatic heterocycles. The molecule has 0 aliphatic carbocycles. The van der Waals surface area contributed by atoms with Crippen LogP contribution in [0, 0.1) is 0 Å². The zero-order valence-corrected chi connectivity index (χ0v) is 5.95. The lowest BCUT2D eigenvalue weighted by molar-refractivity contribution is 0.303. The molecule has 0 bridgehead atoms. The van der Waals surface area contributed by atoms with Gasteiger partial charge in [-0.2, -0.15) is 0 Å². The lowest BCUT2D eigenvalue weighted by atomic mass is 10.1. The molecule has 1 aliphatic rings. The molecule has 3 heteroatoms. The average molecular weight is 148 g/mol. The van der Waals surface area contributed by atoms with Crippen LogP contribution in [0.5, 0.6) is 0 Å². The van der Waals surface area contributed by atoms with Crippen LogP contribution in [-0.4, -0.2) is 6.40 Å². The predicted octanol–water partition coefficient (Wildman–Crippen LogP) is 1.46. The SMILES string of the molecule is Nc1ccc2c(c1)N=COC2. The van der Waals surface area contributed by atoms with Crippen LogP contribution < -0.4 is 5.73 Å². The molecule has 2 N–H and O–H groups in total. The fourth-order valence-electron chi connectivity index (χ4n) is 1.04. The summed E-state index contributed by atoms with van der Waals surface area (Å²) in [7, 11) is 0. The summed E-state index contributed by atoms with van der Waals surface area (Å²) in [5, 5.41) is 0. The van der Waals surface area contributed by atoms with E-state index in [1.165, 1.54) is 6.40 Å².